The topological polar surface area (TPSA) is 12.9 Å². The monoisotopic (exact) mass is 457 g/mol. The van der Waals surface area contributed by atoms with Crippen LogP contribution in [0, 0.1) is 0 Å². The zero-order chi connectivity index (χ0) is 23.9. The molecular weight excluding hydrogens is 434 g/mol. The Labute approximate surface area is 210 Å². The molecule has 0 unspecified atom stereocenters. The van der Waals surface area contributed by atoms with E-state index in [0.717, 1.165) is 0 Å². The van der Waals surface area contributed by atoms with E-state index in [-0.39, 0.29) is 0 Å². The summed E-state index contributed by atoms with van der Waals surface area (Å²) in [6.45, 7) is 0. The standard InChI is InChI=1S/C35H23N/c1-2-8-24(9-3-1)25-10-6-11-26(20-25)27-12-7-13-28(21-27)29-16-17-32-34(22-29)31-15-5-4-14-30(31)33-18-19-36-23-35(32)33/h1-23H. The summed E-state index contributed by atoms with van der Waals surface area (Å²) >= 11 is 0. The van der Waals surface area contributed by atoms with Gasteiger partial charge in [-0.3, -0.25) is 4.98 Å². The fourth-order valence-corrected chi connectivity index (χ4v) is 5.37. The molecule has 7 aromatic rings. The third-order valence-corrected chi connectivity index (χ3v) is 7.14. The molecule has 0 aliphatic heterocycles. The average molecular weight is 458 g/mol. The summed E-state index contributed by atoms with van der Waals surface area (Å²) in [4.78, 5) is 4.42. The van der Waals surface area contributed by atoms with Crippen molar-refractivity contribution >= 4 is 32.3 Å². The molecule has 168 valence electrons. The van der Waals surface area contributed by atoms with Gasteiger partial charge in [-0.05, 0) is 84.6 Å². The summed E-state index contributed by atoms with van der Waals surface area (Å²) in [7, 11) is 0. The normalized spacial score (nSPS) is 11.3. The number of benzene rings is 6. The lowest BCUT2D eigenvalue weighted by Crippen LogP contribution is -1.86. The zero-order valence-corrected chi connectivity index (χ0v) is 19.7. The van der Waals surface area contributed by atoms with Gasteiger partial charge in [0.15, 0.2) is 0 Å². The average Bonchev–Trinajstić information content (AvgIpc) is 2.98. The molecule has 0 radical (unpaired) electrons. The Kier molecular flexibility index (Phi) is 4.85. The summed E-state index contributed by atoms with van der Waals surface area (Å²) in [6.07, 6.45) is 3.87. The van der Waals surface area contributed by atoms with Crippen LogP contribution in [-0.4, -0.2) is 4.98 Å². The number of fused-ring (bicyclic) bond motifs is 6. The molecule has 0 N–H and O–H groups in total. The minimum atomic E-state index is 1.20. The van der Waals surface area contributed by atoms with Crippen molar-refractivity contribution in [2.45, 2.75) is 0 Å². The van der Waals surface area contributed by atoms with Gasteiger partial charge >= 0.3 is 0 Å². The van der Waals surface area contributed by atoms with Crippen LogP contribution in [0.25, 0.3) is 65.7 Å². The highest BCUT2D eigenvalue weighted by Gasteiger charge is 2.10. The van der Waals surface area contributed by atoms with E-state index in [0.29, 0.717) is 0 Å². The lowest BCUT2D eigenvalue weighted by atomic mass is 9.92. The second-order valence-electron chi connectivity index (χ2n) is 9.25. The van der Waals surface area contributed by atoms with Crippen LogP contribution in [0.15, 0.2) is 140 Å². The van der Waals surface area contributed by atoms with Gasteiger partial charge in [-0.25, -0.2) is 0 Å². The largest absolute Gasteiger partial charge is 0.264 e. The lowest BCUT2D eigenvalue weighted by molar-refractivity contribution is 1.37. The minimum Gasteiger partial charge on any atom is -0.264 e. The van der Waals surface area contributed by atoms with Gasteiger partial charge in [-0.15, -0.1) is 0 Å². The number of nitrogens with zero attached hydrogens (tertiary/aromatic N) is 1. The van der Waals surface area contributed by atoms with Crippen LogP contribution in [0.2, 0.25) is 0 Å². The highest BCUT2D eigenvalue weighted by molar-refractivity contribution is 6.25. The zero-order valence-electron chi connectivity index (χ0n) is 19.7. The van der Waals surface area contributed by atoms with Gasteiger partial charge in [-0.2, -0.15) is 0 Å². The number of hydrogen-bond acceptors (Lipinski definition) is 1. The van der Waals surface area contributed by atoms with Gasteiger partial charge in [0, 0.05) is 17.8 Å². The van der Waals surface area contributed by atoms with Crippen molar-refractivity contribution in [2.24, 2.45) is 0 Å². The van der Waals surface area contributed by atoms with Gasteiger partial charge in [-0.1, -0.05) is 103 Å². The van der Waals surface area contributed by atoms with E-state index in [1.807, 2.05) is 12.4 Å². The minimum absolute atomic E-state index is 1.20. The first kappa shape index (κ1) is 20.6. The Hall–Kier alpha value is -4.75. The molecule has 36 heavy (non-hydrogen) atoms. The van der Waals surface area contributed by atoms with E-state index in [2.05, 4.69) is 132 Å². The van der Waals surface area contributed by atoms with Crippen molar-refractivity contribution in [1.29, 1.82) is 0 Å². The van der Waals surface area contributed by atoms with Crippen LogP contribution in [0.1, 0.15) is 0 Å². The first-order valence-electron chi connectivity index (χ1n) is 12.3. The third kappa shape index (κ3) is 3.45. The van der Waals surface area contributed by atoms with E-state index in [9.17, 15) is 0 Å². The Bertz CT molecular complexity index is 1850. The summed E-state index contributed by atoms with van der Waals surface area (Å²) in [5.74, 6) is 0. The van der Waals surface area contributed by atoms with Crippen LogP contribution in [0.5, 0.6) is 0 Å². The second kappa shape index (κ2) is 8.48. The summed E-state index contributed by atoms with van der Waals surface area (Å²) in [5.41, 5.74) is 7.35. The summed E-state index contributed by atoms with van der Waals surface area (Å²) < 4.78 is 0. The maximum Gasteiger partial charge on any atom is 0.0352 e. The molecule has 1 heteroatoms. The van der Waals surface area contributed by atoms with Gasteiger partial charge < -0.3 is 0 Å². The van der Waals surface area contributed by atoms with E-state index >= 15 is 0 Å². The summed E-state index contributed by atoms with van der Waals surface area (Å²) in [5, 5.41) is 7.50. The SMILES string of the molecule is c1ccc(-c2cccc(-c3cccc(-c4ccc5c6cnccc6c6ccccc6c5c4)c3)c2)cc1. The van der Waals surface area contributed by atoms with Gasteiger partial charge in [0.05, 0.1) is 0 Å². The molecule has 0 aliphatic carbocycles. The van der Waals surface area contributed by atoms with Gasteiger partial charge in [0.2, 0.25) is 0 Å². The Morgan fingerprint density at radius 2 is 0.806 bits per heavy atom. The molecule has 0 saturated carbocycles. The molecule has 1 heterocycles. The maximum absolute atomic E-state index is 4.42. The first-order chi connectivity index (χ1) is 17.8. The third-order valence-electron chi connectivity index (χ3n) is 7.14. The van der Waals surface area contributed by atoms with Crippen molar-refractivity contribution in [1.82, 2.24) is 4.98 Å². The molecule has 0 amide bonds. The van der Waals surface area contributed by atoms with Crippen molar-refractivity contribution in [3.8, 4) is 33.4 Å². The maximum atomic E-state index is 4.42. The Morgan fingerprint density at radius 1 is 0.306 bits per heavy atom. The fourth-order valence-electron chi connectivity index (χ4n) is 5.37. The highest BCUT2D eigenvalue weighted by Crippen LogP contribution is 2.37. The number of aromatic nitrogens is 1. The van der Waals surface area contributed by atoms with E-state index < -0.39 is 0 Å². The van der Waals surface area contributed by atoms with Crippen molar-refractivity contribution in [3.05, 3.63) is 140 Å². The lowest BCUT2D eigenvalue weighted by Gasteiger charge is -2.12. The molecule has 0 bridgehead atoms. The number of pyridine rings is 1. The Morgan fingerprint density at radius 3 is 1.50 bits per heavy atom. The molecule has 7 rings (SSSR count). The van der Waals surface area contributed by atoms with E-state index in [1.165, 1.54) is 65.7 Å². The van der Waals surface area contributed by atoms with Crippen LogP contribution < -0.4 is 0 Å². The molecule has 1 nitrogen and oxygen atoms in total. The number of rotatable bonds is 3. The fraction of sp³-hybridized carbons (Fsp3) is 0. The highest BCUT2D eigenvalue weighted by atomic mass is 14.6. The van der Waals surface area contributed by atoms with Crippen molar-refractivity contribution in [2.75, 3.05) is 0 Å². The van der Waals surface area contributed by atoms with Crippen LogP contribution in [0.3, 0.4) is 0 Å². The Balaban J connectivity index is 1.38. The van der Waals surface area contributed by atoms with Crippen LogP contribution >= 0.6 is 0 Å². The summed E-state index contributed by atoms with van der Waals surface area (Å²) in [6, 6.07) is 45.9. The predicted octanol–water partition coefficient (Wildman–Crippen LogP) is 9.54. The quantitative estimate of drug-likeness (QED) is 0.241. The molecular formula is C35H23N. The molecule has 0 atom stereocenters. The molecule has 1 aromatic heterocycles. The molecule has 6 aromatic carbocycles. The molecule has 0 aliphatic rings. The molecule has 0 fully saturated rings. The first-order valence-corrected chi connectivity index (χ1v) is 12.3. The van der Waals surface area contributed by atoms with Crippen LogP contribution in [-0.2, 0) is 0 Å². The van der Waals surface area contributed by atoms with E-state index in [4.69, 9.17) is 0 Å². The second-order valence-corrected chi connectivity index (χ2v) is 9.25. The van der Waals surface area contributed by atoms with Gasteiger partial charge in [0.25, 0.3) is 0 Å². The number of hydrogen-bond donors (Lipinski definition) is 0. The van der Waals surface area contributed by atoms with Crippen molar-refractivity contribution in [3.63, 3.8) is 0 Å². The van der Waals surface area contributed by atoms with Crippen molar-refractivity contribution < 1.29 is 0 Å². The van der Waals surface area contributed by atoms with E-state index in [1.54, 1.807) is 0 Å². The molecule has 0 spiro atoms. The smallest absolute Gasteiger partial charge is 0.0352 e. The van der Waals surface area contributed by atoms with Crippen LogP contribution in [0.4, 0.5) is 0 Å². The van der Waals surface area contributed by atoms with Gasteiger partial charge in [0.1, 0.15) is 0 Å². The molecule has 0 saturated heterocycles. The predicted molar refractivity (Wildman–Crippen MR) is 153 cm³/mol.